The Morgan fingerprint density at radius 3 is 2.33 bits per heavy atom. The van der Waals surface area contributed by atoms with Crippen molar-refractivity contribution in [3.8, 4) is 11.3 Å². The maximum Gasteiger partial charge on any atom is 0.237 e. The number of amides is 1. The van der Waals surface area contributed by atoms with Gasteiger partial charge in [0.25, 0.3) is 0 Å². The summed E-state index contributed by atoms with van der Waals surface area (Å²) in [5.41, 5.74) is 10.3. The molecule has 0 aliphatic carbocycles. The van der Waals surface area contributed by atoms with Gasteiger partial charge in [-0.1, -0.05) is 60.7 Å². The molecule has 4 heteroatoms. The van der Waals surface area contributed by atoms with Crippen LogP contribution < -0.4 is 5.73 Å². The minimum absolute atomic E-state index is 0.106. The molecule has 0 spiro atoms. The SMILES string of the molecule is C/C(=C\c1ccccc1)c1c(-c2ccccc2)ncn1CC(N)=O. The molecule has 120 valence electrons. The second-order valence-electron chi connectivity index (χ2n) is 5.64. The first-order valence-corrected chi connectivity index (χ1v) is 7.77. The van der Waals surface area contributed by atoms with Crippen LogP contribution in [0.25, 0.3) is 22.9 Å². The Morgan fingerprint density at radius 1 is 1.08 bits per heavy atom. The van der Waals surface area contributed by atoms with E-state index in [0.29, 0.717) is 0 Å². The van der Waals surface area contributed by atoms with Crippen LogP contribution in [0.15, 0.2) is 67.0 Å². The van der Waals surface area contributed by atoms with Gasteiger partial charge in [0.05, 0.1) is 17.7 Å². The first-order valence-electron chi connectivity index (χ1n) is 7.77. The summed E-state index contributed by atoms with van der Waals surface area (Å²) < 4.78 is 1.80. The quantitative estimate of drug-likeness (QED) is 0.781. The number of benzene rings is 2. The number of nitrogens with two attached hydrogens (primary N) is 1. The van der Waals surface area contributed by atoms with Gasteiger partial charge in [0.1, 0.15) is 6.54 Å². The van der Waals surface area contributed by atoms with Crippen LogP contribution in [0.1, 0.15) is 18.2 Å². The molecule has 0 aliphatic rings. The number of primary amides is 1. The third kappa shape index (κ3) is 3.43. The largest absolute Gasteiger partial charge is 0.368 e. The fourth-order valence-electron chi connectivity index (χ4n) is 2.76. The monoisotopic (exact) mass is 317 g/mol. The predicted molar refractivity (Wildman–Crippen MR) is 96.8 cm³/mol. The summed E-state index contributed by atoms with van der Waals surface area (Å²) in [6, 6.07) is 20.0. The van der Waals surface area contributed by atoms with E-state index in [9.17, 15) is 4.79 Å². The number of imidazole rings is 1. The van der Waals surface area contributed by atoms with Gasteiger partial charge in [0.15, 0.2) is 0 Å². The highest BCUT2D eigenvalue weighted by molar-refractivity contribution is 5.86. The Bertz CT molecular complexity index is 864. The number of nitrogens with zero attached hydrogens (tertiary/aromatic N) is 2. The number of aromatic nitrogens is 2. The second kappa shape index (κ2) is 6.96. The normalized spacial score (nSPS) is 11.5. The Kier molecular flexibility index (Phi) is 4.57. The highest BCUT2D eigenvalue weighted by Gasteiger charge is 2.15. The van der Waals surface area contributed by atoms with Gasteiger partial charge in [-0.05, 0) is 24.1 Å². The molecule has 24 heavy (non-hydrogen) atoms. The lowest BCUT2D eigenvalue weighted by atomic mass is 10.0. The average molecular weight is 317 g/mol. The van der Waals surface area contributed by atoms with Gasteiger partial charge < -0.3 is 10.3 Å². The molecule has 0 saturated heterocycles. The van der Waals surface area contributed by atoms with E-state index < -0.39 is 0 Å². The van der Waals surface area contributed by atoms with E-state index in [-0.39, 0.29) is 12.5 Å². The summed E-state index contributed by atoms with van der Waals surface area (Å²) in [6.45, 7) is 2.13. The van der Waals surface area contributed by atoms with E-state index in [1.807, 2.05) is 67.6 Å². The van der Waals surface area contributed by atoms with Crippen molar-refractivity contribution in [2.45, 2.75) is 13.5 Å². The zero-order valence-electron chi connectivity index (χ0n) is 13.5. The zero-order valence-corrected chi connectivity index (χ0v) is 13.5. The molecule has 1 aromatic heterocycles. The van der Waals surface area contributed by atoms with Crippen molar-refractivity contribution in [1.29, 1.82) is 0 Å². The van der Waals surface area contributed by atoms with E-state index in [2.05, 4.69) is 11.1 Å². The summed E-state index contributed by atoms with van der Waals surface area (Å²) in [5, 5.41) is 0. The van der Waals surface area contributed by atoms with Gasteiger partial charge in [-0.3, -0.25) is 4.79 Å². The van der Waals surface area contributed by atoms with Crippen LogP contribution in [0, 0.1) is 0 Å². The predicted octanol–water partition coefficient (Wildman–Crippen LogP) is 3.60. The molecule has 2 aromatic carbocycles. The van der Waals surface area contributed by atoms with E-state index in [1.165, 1.54) is 0 Å². The van der Waals surface area contributed by atoms with Crippen LogP contribution in [0.3, 0.4) is 0 Å². The van der Waals surface area contributed by atoms with Gasteiger partial charge in [-0.15, -0.1) is 0 Å². The molecule has 0 bridgehead atoms. The summed E-state index contributed by atoms with van der Waals surface area (Å²) in [6.07, 6.45) is 3.76. The molecule has 1 amide bonds. The lowest BCUT2D eigenvalue weighted by molar-refractivity contribution is -0.118. The molecule has 3 rings (SSSR count). The standard InChI is InChI=1S/C20H19N3O/c1-15(12-16-8-4-2-5-9-16)20-19(17-10-6-3-7-11-17)22-14-23(20)13-18(21)24/h2-12,14H,13H2,1H3,(H2,21,24)/b15-12+. The average Bonchev–Trinajstić information content (AvgIpc) is 2.99. The van der Waals surface area contributed by atoms with Crippen LogP contribution in [0.4, 0.5) is 0 Å². The summed E-state index contributed by atoms with van der Waals surface area (Å²) in [7, 11) is 0. The van der Waals surface area contributed by atoms with Gasteiger partial charge in [0, 0.05) is 5.56 Å². The Morgan fingerprint density at radius 2 is 1.71 bits per heavy atom. The Hall–Kier alpha value is -3.14. The van der Waals surface area contributed by atoms with Crippen molar-refractivity contribution >= 4 is 17.6 Å². The van der Waals surface area contributed by atoms with Crippen molar-refractivity contribution in [3.63, 3.8) is 0 Å². The molecule has 1 heterocycles. The summed E-state index contributed by atoms with van der Waals surface area (Å²) >= 11 is 0. The van der Waals surface area contributed by atoms with Gasteiger partial charge >= 0.3 is 0 Å². The second-order valence-corrected chi connectivity index (χ2v) is 5.64. The smallest absolute Gasteiger partial charge is 0.237 e. The molecule has 4 nitrogen and oxygen atoms in total. The van der Waals surface area contributed by atoms with Crippen molar-refractivity contribution in [3.05, 3.63) is 78.2 Å². The van der Waals surface area contributed by atoms with Crippen LogP contribution in [0.2, 0.25) is 0 Å². The van der Waals surface area contributed by atoms with Crippen molar-refractivity contribution in [2.75, 3.05) is 0 Å². The molecule has 0 saturated carbocycles. The molecule has 0 aliphatic heterocycles. The third-order valence-electron chi connectivity index (χ3n) is 3.77. The fourth-order valence-corrected chi connectivity index (χ4v) is 2.76. The highest BCUT2D eigenvalue weighted by Crippen LogP contribution is 2.29. The topological polar surface area (TPSA) is 60.9 Å². The van der Waals surface area contributed by atoms with Crippen molar-refractivity contribution in [1.82, 2.24) is 9.55 Å². The lowest BCUT2D eigenvalue weighted by Crippen LogP contribution is -2.19. The van der Waals surface area contributed by atoms with E-state index >= 15 is 0 Å². The minimum atomic E-state index is -0.388. The highest BCUT2D eigenvalue weighted by atomic mass is 16.1. The first-order chi connectivity index (χ1) is 11.6. The number of carbonyl (C=O) groups is 1. The van der Waals surface area contributed by atoms with Crippen LogP contribution >= 0.6 is 0 Å². The van der Waals surface area contributed by atoms with E-state index in [0.717, 1.165) is 28.1 Å². The third-order valence-corrected chi connectivity index (χ3v) is 3.77. The maximum absolute atomic E-state index is 11.4. The van der Waals surface area contributed by atoms with E-state index in [4.69, 9.17) is 5.73 Å². The van der Waals surface area contributed by atoms with Crippen molar-refractivity contribution < 1.29 is 4.79 Å². The van der Waals surface area contributed by atoms with Gasteiger partial charge in [-0.25, -0.2) is 4.98 Å². The molecule has 0 unspecified atom stereocenters. The number of rotatable bonds is 5. The van der Waals surface area contributed by atoms with E-state index in [1.54, 1.807) is 10.9 Å². The number of carbonyl (C=O) groups excluding carboxylic acids is 1. The molecule has 2 N–H and O–H groups in total. The number of allylic oxidation sites excluding steroid dienone is 1. The Balaban J connectivity index is 2.11. The molecular formula is C20H19N3O. The van der Waals surface area contributed by atoms with Crippen LogP contribution in [0.5, 0.6) is 0 Å². The van der Waals surface area contributed by atoms with Crippen molar-refractivity contribution in [2.24, 2.45) is 5.73 Å². The molecular weight excluding hydrogens is 298 g/mol. The van der Waals surface area contributed by atoms with Gasteiger partial charge in [-0.2, -0.15) is 0 Å². The van der Waals surface area contributed by atoms with Crippen LogP contribution in [-0.4, -0.2) is 15.5 Å². The maximum atomic E-state index is 11.4. The van der Waals surface area contributed by atoms with Crippen LogP contribution in [-0.2, 0) is 11.3 Å². The molecule has 3 aromatic rings. The molecule has 0 atom stereocenters. The Labute approximate surface area is 141 Å². The van der Waals surface area contributed by atoms with Gasteiger partial charge in [0.2, 0.25) is 5.91 Å². The molecule has 0 radical (unpaired) electrons. The zero-order chi connectivity index (χ0) is 16.9. The summed E-state index contributed by atoms with van der Waals surface area (Å²) in [5.74, 6) is -0.388. The molecule has 0 fully saturated rings. The number of hydrogen-bond donors (Lipinski definition) is 1. The minimum Gasteiger partial charge on any atom is -0.368 e. The lowest BCUT2D eigenvalue weighted by Gasteiger charge is -2.10. The number of hydrogen-bond acceptors (Lipinski definition) is 2. The fraction of sp³-hybridized carbons (Fsp3) is 0.100. The first kappa shape index (κ1) is 15.7. The summed E-state index contributed by atoms with van der Waals surface area (Å²) in [4.78, 5) is 15.9.